The molecule has 0 N–H and O–H groups in total. The minimum atomic E-state index is -0.164. The Morgan fingerprint density at radius 2 is 1.92 bits per heavy atom. The monoisotopic (exact) mass is 484 g/mol. The highest BCUT2D eigenvalue weighted by atomic mass is 79.9. The predicted octanol–water partition coefficient (Wildman–Crippen LogP) is 5.32. The van der Waals surface area contributed by atoms with Gasteiger partial charge in [-0.3, -0.25) is 9.59 Å². The minimum absolute atomic E-state index is 0.0326. The maximum atomic E-state index is 12.2. The van der Waals surface area contributed by atoms with Crippen LogP contribution in [0, 0.1) is 28.6 Å². The lowest BCUT2D eigenvalue weighted by molar-refractivity contribution is -0.155. The van der Waals surface area contributed by atoms with Gasteiger partial charge in [0.2, 0.25) is 0 Å². The molecule has 4 rings (SSSR count). The summed E-state index contributed by atoms with van der Waals surface area (Å²) in [5.41, 5.74) is 1.27. The van der Waals surface area contributed by atoms with E-state index in [-0.39, 0.29) is 33.5 Å². The number of hydrogen-bond acceptors (Lipinski definition) is 3. The van der Waals surface area contributed by atoms with Crippen molar-refractivity contribution < 1.29 is 14.3 Å². The summed E-state index contributed by atoms with van der Waals surface area (Å²) in [5.74, 6) is 1.51. The Balaban J connectivity index is 1.73. The van der Waals surface area contributed by atoms with Crippen LogP contribution in [-0.4, -0.2) is 22.7 Å². The predicted molar refractivity (Wildman–Crippen MR) is 108 cm³/mol. The molecule has 0 unspecified atom stereocenters. The average molecular weight is 486 g/mol. The highest BCUT2D eigenvalue weighted by Crippen LogP contribution is 2.66. The van der Waals surface area contributed by atoms with Crippen LogP contribution in [0.4, 0.5) is 0 Å². The van der Waals surface area contributed by atoms with Gasteiger partial charge in [-0.15, -0.1) is 0 Å². The number of ketones is 1. The zero-order chi connectivity index (χ0) is 18.9. The molecule has 0 spiro atoms. The van der Waals surface area contributed by atoms with Crippen LogP contribution in [0.5, 0.6) is 0 Å². The van der Waals surface area contributed by atoms with Crippen LogP contribution >= 0.6 is 31.9 Å². The van der Waals surface area contributed by atoms with Gasteiger partial charge in [0.25, 0.3) is 0 Å². The Labute approximate surface area is 172 Å². The van der Waals surface area contributed by atoms with Crippen LogP contribution in [0.25, 0.3) is 0 Å². The molecule has 5 heteroatoms. The van der Waals surface area contributed by atoms with Crippen LogP contribution in [0.2, 0.25) is 0 Å². The molecule has 0 radical (unpaired) electrons. The maximum Gasteiger partial charge on any atom is 0.302 e. The third kappa shape index (κ3) is 2.63. The molecule has 26 heavy (non-hydrogen) atoms. The fourth-order valence-electron chi connectivity index (χ4n) is 6.40. The van der Waals surface area contributed by atoms with Crippen molar-refractivity contribution in [1.29, 1.82) is 0 Å². The van der Waals surface area contributed by atoms with Crippen molar-refractivity contribution in [3.63, 3.8) is 0 Å². The smallest absolute Gasteiger partial charge is 0.302 e. The molecule has 0 aromatic rings. The van der Waals surface area contributed by atoms with E-state index in [1.165, 1.54) is 17.0 Å². The quantitative estimate of drug-likeness (QED) is 0.372. The zero-order valence-electron chi connectivity index (χ0n) is 15.6. The first-order valence-corrected chi connectivity index (χ1v) is 11.3. The summed E-state index contributed by atoms with van der Waals surface area (Å²) in [6.45, 7) is 6.18. The van der Waals surface area contributed by atoms with Gasteiger partial charge in [-0.05, 0) is 77.5 Å². The number of rotatable bonds is 1. The van der Waals surface area contributed by atoms with Gasteiger partial charge in [-0.1, -0.05) is 45.7 Å². The molecular weight excluding hydrogens is 460 g/mol. The van der Waals surface area contributed by atoms with Gasteiger partial charge in [-0.2, -0.15) is 0 Å². The molecule has 142 valence electrons. The second-order valence-electron chi connectivity index (χ2n) is 9.08. The number of ether oxygens (including phenoxy) is 1. The summed E-state index contributed by atoms with van der Waals surface area (Å²) in [6.07, 6.45) is 9.22. The number of hydrogen-bond donors (Lipinski definition) is 0. The van der Waals surface area contributed by atoms with Gasteiger partial charge in [0, 0.05) is 12.3 Å². The van der Waals surface area contributed by atoms with Gasteiger partial charge < -0.3 is 4.74 Å². The average Bonchev–Trinajstić information content (AvgIpc) is 2.87. The van der Waals surface area contributed by atoms with Crippen LogP contribution in [0.3, 0.4) is 0 Å². The van der Waals surface area contributed by atoms with Crippen molar-refractivity contribution in [1.82, 2.24) is 0 Å². The van der Waals surface area contributed by atoms with E-state index in [1.807, 2.05) is 6.08 Å². The fraction of sp³-hybridized carbons (Fsp3) is 0.714. The second-order valence-corrected chi connectivity index (χ2v) is 11.1. The van der Waals surface area contributed by atoms with Crippen LogP contribution in [0.1, 0.15) is 52.9 Å². The lowest BCUT2D eigenvalue weighted by Crippen LogP contribution is -2.52. The summed E-state index contributed by atoms with van der Waals surface area (Å²) in [7, 11) is 0. The Kier molecular flexibility index (Phi) is 4.58. The summed E-state index contributed by atoms with van der Waals surface area (Å²) in [5, 5.41) is 0. The number of halogens is 2. The van der Waals surface area contributed by atoms with Crippen molar-refractivity contribution in [3.8, 4) is 0 Å². The molecule has 0 saturated heterocycles. The normalized spacial score (nSPS) is 47.3. The largest absolute Gasteiger partial charge is 0.462 e. The van der Waals surface area contributed by atoms with E-state index in [1.54, 1.807) is 0 Å². The lowest BCUT2D eigenvalue weighted by Gasteiger charge is -2.57. The van der Waals surface area contributed by atoms with E-state index >= 15 is 0 Å². The molecule has 4 aliphatic rings. The topological polar surface area (TPSA) is 43.4 Å². The van der Waals surface area contributed by atoms with Gasteiger partial charge in [0.05, 0.1) is 4.83 Å². The van der Waals surface area contributed by atoms with Crippen LogP contribution in [0.15, 0.2) is 22.2 Å². The molecule has 4 aliphatic carbocycles. The number of allylic oxidation sites excluding steroid dienone is 4. The van der Waals surface area contributed by atoms with Crippen molar-refractivity contribution in [2.24, 2.45) is 28.6 Å². The van der Waals surface area contributed by atoms with E-state index in [0.717, 1.165) is 32.1 Å². The fourth-order valence-corrected chi connectivity index (χ4v) is 8.09. The molecular formula is C21H26Br2O3. The highest BCUT2D eigenvalue weighted by Gasteiger charge is 2.60. The first-order valence-electron chi connectivity index (χ1n) is 9.61. The Morgan fingerprint density at radius 1 is 1.19 bits per heavy atom. The summed E-state index contributed by atoms with van der Waals surface area (Å²) in [6, 6.07) is 0. The summed E-state index contributed by atoms with van der Waals surface area (Å²) in [4.78, 5) is 23.7. The SMILES string of the molecule is CC(=O)O[C@H]1CC[C@H]2[C@@H]3C(Br)=CC4=CC(=O)[C@H](Br)C[C@]4(C)[C@H]3CC[C@]12C. The molecule has 0 aromatic heterocycles. The van der Waals surface area contributed by atoms with Crippen LogP contribution < -0.4 is 0 Å². The van der Waals surface area contributed by atoms with Crippen molar-refractivity contribution >= 4 is 43.6 Å². The standard InChI is InChI=1S/C21H26Br2O3/c1-11(24)26-18-5-4-13-19-14(6-7-20(13,18)2)21(3)10-16(23)17(25)9-12(21)8-15(19)22/h8-9,13-14,16,18-19H,4-7,10H2,1-3H3/t13-,14-,16+,18-,19-,20-,21-/m0/s1. The third-order valence-electron chi connectivity index (χ3n) is 7.79. The molecule has 3 nitrogen and oxygen atoms in total. The van der Waals surface area contributed by atoms with Crippen LogP contribution in [-0.2, 0) is 14.3 Å². The number of fused-ring (bicyclic) bond motifs is 5. The van der Waals surface area contributed by atoms with Crippen molar-refractivity contribution in [2.75, 3.05) is 0 Å². The van der Waals surface area contributed by atoms with E-state index < -0.39 is 0 Å². The zero-order valence-corrected chi connectivity index (χ0v) is 18.7. The minimum Gasteiger partial charge on any atom is -0.462 e. The van der Waals surface area contributed by atoms with Crippen molar-refractivity contribution in [2.45, 2.75) is 63.8 Å². The summed E-state index contributed by atoms with van der Waals surface area (Å²) >= 11 is 7.47. The van der Waals surface area contributed by atoms with E-state index in [0.29, 0.717) is 17.8 Å². The molecule has 2 saturated carbocycles. The molecule has 7 atom stereocenters. The van der Waals surface area contributed by atoms with E-state index in [2.05, 4.69) is 51.8 Å². The maximum absolute atomic E-state index is 12.2. The van der Waals surface area contributed by atoms with Crippen molar-refractivity contribution in [3.05, 3.63) is 22.2 Å². The Bertz CT molecular complexity index is 727. The lowest BCUT2D eigenvalue weighted by atomic mass is 9.49. The van der Waals surface area contributed by atoms with E-state index in [4.69, 9.17) is 4.74 Å². The Hall–Kier alpha value is -0.420. The highest BCUT2D eigenvalue weighted by molar-refractivity contribution is 9.11. The molecule has 0 aliphatic heterocycles. The molecule has 0 aromatic carbocycles. The number of carbonyl (C=O) groups excluding carboxylic acids is 2. The number of alkyl halides is 1. The van der Waals surface area contributed by atoms with E-state index in [9.17, 15) is 9.59 Å². The van der Waals surface area contributed by atoms with Gasteiger partial charge >= 0.3 is 5.97 Å². The molecule has 2 fully saturated rings. The molecule has 0 bridgehead atoms. The van der Waals surface area contributed by atoms with Gasteiger partial charge in [0.15, 0.2) is 5.78 Å². The third-order valence-corrected chi connectivity index (χ3v) is 9.32. The van der Waals surface area contributed by atoms with Gasteiger partial charge in [-0.25, -0.2) is 0 Å². The summed E-state index contributed by atoms with van der Waals surface area (Å²) < 4.78 is 6.95. The first-order chi connectivity index (χ1) is 12.2. The number of carbonyl (C=O) groups is 2. The first kappa shape index (κ1) is 18.9. The molecule has 0 heterocycles. The number of esters is 1. The molecule has 0 amide bonds. The second kappa shape index (κ2) is 6.30. The Morgan fingerprint density at radius 3 is 2.62 bits per heavy atom. The van der Waals surface area contributed by atoms with Gasteiger partial charge in [0.1, 0.15) is 6.10 Å².